The number of nitrogens with one attached hydrogen (secondary N) is 1. The summed E-state index contributed by atoms with van der Waals surface area (Å²) in [6, 6.07) is 15.5. The number of thiazole rings is 1. The van der Waals surface area contributed by atoms with Gasteiger partial charge in [0.1, 0.15) is 5.75 Å². The lowest BCUT2D eigenvalue weighted by Crippen LogP contribution is -2.20. The van der Waals surface area contributed by atoms with Crippen molar-refractivity contribution >= 4 is 32.6 Å². The average molecular weight is 326 g/mol. The Morgan fingerprint density at radius 1 is 1.26 bits per heavy atom. The van der Waals surface area contributed by atoms with Crippen LogP contribution in [-0.2, 0) is 4.79 Å². The van der Waals surface area contributed by atoms with Crippen LogP contribution in [0.3, 0.4) is 0 Å². The number of amides is 1. The number of methoxy groups -OCH3 is 1. The van der Waals surface area contributed by atoms with Crippen molar-refractivity contribution < 1.29 is 9.53 Å². The monoisotopic (exact) mass is 326 g/mol. The Kier molecular flexibility index (Phi) is 4.57. The zero-order chi connectivity index (χ0) is 16.2. The SMILES string of the molecule is CC[C@H](C(=O)Nc1nc2ccc(OC)cc2s1)c1ccccc1. The fourth-order valence-electron chi connectivity index (χ4n) is 2.54. The Balaban J connectivity index is 1.81. The lowest BCUT2D eigenvalue weighted by atomic mass is 9.96. The summed E-state index contributed by atoms with van der Waals surface area (Å²) in [5.41, 5.74) is 1.88. The smallest absolute Gasteiger partial charge is 0.233 e. The third kappa shape index (κ3) is 3.35. The molecule has 0 aliphatic heterocycles. The van der Waals surface area contributed by atoms with E-state index in [1.54, 1.807) is 7.11 Å². The molecule has 0 aliphatic rings. The molecule has 0 aliphatic carbocycles. The summed E-state index contributed by atoms with van der Waals surface area (Å²) in [4.78, 5) is 17.0. The normalized spacial score (nSPS) is 12.1. The quantitative estimate of drug-likeness (QED) is 0.754. The molecule has 0 bridgehead atoms. The zero-order valence-corrected chi connectivity index (χ0v) is 13.9. The number of rotatable bonds is 5. The number of aromatic nitrogens is 1. The number of anilines is 1. The molecule has 3 rings (SSSR count). The van der Waals surface area contributed by atoms with Gasteiger partial charge in [-0.2, -0.15) is 0 Å². The van der Waals surface area contributed by atoms with Gasteiger partial charge in [0, 0.05) is 0 Å². The van der Waals surface area contributed by atoms with Crippen molar-refractivity contribution in [3.63, 3.8) is 0 Å². The van der Waals surface area contributed by atoms with Crippen LogP contribution in [0.4, 0.5) is 5.13 Å². The molecule has 0 radical (unpaired) electrons. The summed E-state index contributed by atoms with van der Waals surface area (Å²) in [6.07, 6.45) is 0.745. The second-order valence-electron chi connectivity index (χ2n) is 5.21. The van der Waals surface area contributed by atoms with Gasteiger partial charge in [-0.3, -0.25) is 4.79 Å². The van der Waals surface area contributed by atoms with Gasteiger partial charge >= 0.3 is 0 Å². The maximum atomic E-state index is 12.6. The Bertz CT molecular complexity index is 814. The van der Waals surface area contributed by atoms with Crippen molar-refractivity contribution in [2.75, 3.05) is 12.4 Å². The Labute approximate surface area is 139 Å². The van der Waals surface area contributed by atoms with Crippen molar-refractivity contribution in [3.05, 3.63) is 54.1 Å². The van der Waals surface area contributed by atoms with Crippen LogP contribution in [-0.4, -0.2) is 18.0 Å². The van der Waals surface area contributed by atoms with E-state index in [1.165, 1.54) is 11.3 Å². The fraction of sp³-hybridized carbons (Fsp3) is 0.222. The van der Waals surface area contributed by atoms with Crippen molar-refractivity contribution in [2.24, 2.45) is 0 Å². The van der Waals surface area contributed by atoms with E-state index in [0.717, 1.165) is 28.0 Å². The molecule has 0 saturated heterocycles. The third-order valence-corrected chi connectivity index (χ3v) is 4.69. The van der Waals surface area contributed by atoms with E-state index in [1.807, 2.05) is 55.5 Å². The molecule has 1 atom stereocenters. The van der Waals surface area contributed by atoms with E-state index in [-0.39, 0.29) is 11.8 Å². The van der Waals surface area contributed by atoms with E-state index in [2.05, 4.69) is 10.3 Å². The highest BCUT2D eigenvalue weighted by atomic mass is 32.1. The Morgan fingerprint density at radius 3 is 2.74 bits per heavy atom. The standard InChI is InChI=1S/C18H18N2O2S/c1-3-14(12-7-5-4-6-8-12)17(21)20-18-19-15-10-9-13(22-2)11-16(15)23-18/h4-11,14H,3H2,1-2H3,(H,19,20,21)/t14-/m0/s1. The number of hydrogen-bond acceptors (Lipinski definition) is 4. The van der Waals surface area contributed by atoms with E-state index in [4.69, 9.17) is 4.74 Å². The summed E-state index contributed by atoms with van der Waals surface area (Å²) >= 11 is 1.46. The largest absolute Gasteiger partial charge is 0.497 e. The predicted molar refractivity (Wildman–Crippen MR) is 94.3 cm³/mol. The van der Waals surface area contributed by atoms with E-state index < -0.39 is 0 Å². The van der Waals surface area contributed by atoms with Gasteiger partial charge < -0.3 is 10.1 Å². The highest BCUT2D eigenvalue weighted by Gasteiger charge is 2.19. The number of hydrogen-bond donors (Lipinski definition) is 1. The summed E-state index contributed by atoms with van der Waals surface area (Å²) in [5, 5.41) is 3.56. The van der Waals surface area contributed by atoms with E-state index >= 15 is 0 Å². The third-order valence-electron chi connectivity index (χ3n) is 3.75. The molecule has 1 aromatic heterocycles. The summed E-state index contributed by atoms with van der Waals surface area (Å²) in [7, 11) is 1.64. The zero-order valence-electron chi connectivity index (χ0n) is 13.1. The van der Waals surface area contributed by atoms with Crippen LogP contribution in [0.15, 0.2) is 48.5 Å². The minimum absolute atomic E-state index is 0.0234. The Hall–Kier alpha value is -2.40. The average Bonchev–Trinajstić information content (AvgIpc) is 2.97. The molecule has 2 aromatic carbocycles. The molecule has 0 unspecified atom stereocenters. The van der Waals surface area contributed by atoms with Gasteiger partial charge in [-0.25, -0.2) is 4.98 Å². The molecule has 0 fully saturated rings. The van der Waals surface area contributed by atoms with Crippen LogP contribution >= 0.6 is 11.3 Å². The van der Waals surface area contributed by atoms with Crippen molar-refractivity contribution in [3.8, 4) is 5.75 Å². The second kappa shape index (κ2) is 6.79. The number of carbonyl (C=O) groups excluding carboxylic acids is 1. The number of carbonyl (C=O) groups is 1. The maximum Gasteiger partial charge on any atom is 0.233 e. The molecule has 5 heteroatoms. The predicted octanol–water partition coefficient (Wildman–Crippen LogP) is 4.44. The fourth-order valence-corrected chi connectivity index (χ4v) is 3.43. The first-order chi connectivity index (χ1) is 11.2. The molecule has 1 amide bonds. The van der Waals surface area contributed by atoms with Crippen LogP contribution in [0.25, 0.3) is 10.2 Å². The second-order valence-corrected chi connectivity index (χ2v) is 6.24. The highest BCUT2D eigenvalue weighted by molar-refractivity contribution is 7.22. The van der Waals surface area contributed by atoms with E-state index in [9.17, 15) is 4.79 Å². The first kappa shape index (κ1) is 15.5. The number of fused-ring (bicyclic) bond motifs is 1. The van der Waals surface area contributed by atoms with Crippen LogP contribution in [0.5, 0.6) is 5.75 Å². The lowest BCUT2D eigenvalue weighted by molar-refractivity contribution is -0.117. The first-order valence-corrected chi connectivity index (χ1v) is 8.33. The van der Waals surface area contributed by atoms with Crippen molar-refractivity contribution in [1.82, 2.24) is 4.98 Å². The minimum atomic E-state index is -0.169. The molecular formula is C18H18N2O2S. The van der Waals surface area contributed by atoms with Crippen LogP contribution in [0.2, 0.25) is 0 Å². The maximum absolute atomic E-state index is 12.6. The van der Waals surface area contributed by atoms with Gasteiger partial charge in [0.25, 0.3) is 0 Å². The number of ether oxygens (including phenoxy) is 1. The van der Waals surface area contributed by atoms with Crippen molar-refractivity contribution in [1.29, 1.82) is 0 Å². The number of nitrogens with zero attached hydrogens (tertiary/aromatic N) is 1. The molecular weight excluding hydrogens is 308 g/mol. The summed E-state index contributed by atoms with van der Waals surface area (Å²) in [5.74, 6) is 0.595. The van der Waals surface area contributed by atoms with Crippen LogP contribution in [0, 0.1) is 0 Å². The van der Waals surface area contributed by atoms with E-state index in [0.29, 0.717) is 5.13 Å². The summed E-state index contributed by atoms with van der Waals surface area (Å²) in [6.45, 7) is 2.01. The Morgan fingerprint density at radius 2 is 2.04 bits per heavy atom. The first-order valence-electron chi connectivity index (χ1n) is 7.51. The number of benzene rings is 2. The topological polar surface area (TPSA) is 51.2 Å². The van der Waals surface area contributed by atoms with Crippen molar-refractivity contribution in [2.45, 2.75) is 19.3 Å². The lowest BCUT2D eigenvalue weighted by Gasteiger charge is -2.13. The van der Waals surface area contributed by atoms with Gasteiger partial charge in [0.05, 0.1) is 23.2 Å². The molecule has 1 heterocycles. The molecule has 0 spiro atoms. The highest BCUT2D eigenvalue weighted by Crippen LogP contribution is 2.30. The molecule has 3 aromatic rings. The summed E-state index contributed by atoms with van der Waals surface area (Å²) < 4.78 is 6.21. The van der Waals surface area contributed by atoms with Gasteiger partial charge in [-0.15, -0.1) is 0 Å². The van der Waals surface area contributed by atoms with Gasteiger partial charge in [0.15, 0.2) is 5.13 Å². The molecule has 1 N–H and O–H groups in total. The van der Waals surface area contributed by atoms with Gasteiger partial charge in [-0.05, 0) is 30.2 Å². The molecule has 4 nitrogen and oxygen atoms in total. The van der Waals surface area contributed by atoms with Gasteiger partial charge in [-0.1, -0.05) is 48.6 Å². The molecule has 0 saturated carbocycles. The van der Waals surface area contributed by atoms with Gasteiger partial charge in [0.2, 0.25) is 5.91 Å². The molecule has 118 valence electrons. The molecule has 23 heavy (non-hydrogen) atoms. The van der Waals surface area contributed by atoms with Crippen LogP contribution < -0.4 is 10.1 Å². The van der Waals surface area contributed by atoms with Crippen LogP contribution in [0.1, 0.15) is 24.8 Å². The minimum Gasteiger partial charge on any atom is -0.497 e.